The first-order chi connectivity index (χ1) is 10.1. The lowest BCUT2D eigenvalue weighted by molar-refractivity contribution is 0.0998. The number of para-hydroxylation sites is 1. The Bertz CT molecular complexity index is 836. The van der Waals surface area contributed by atoms with Crippen LogP contribution in [-0.2, 0) is 0 Å². The van der Waals surface area contributed by atoms with Crippen molar-refractivity contribution in [2.75, 3.05) is 5.32 Å². The van der Waals surface area contributed by atoms with Crippen LogP contribution in [0, 0.1) is 13.8 Å². The third-order valence-electron chi connectivity index (χ3n) is 3.47. The highest BCUT2D eigenvalue weighted by atomic mass is 79.9. The summed E-state index contributed by atoms with van der Waals surface area (Å²) < 4.78 is 6.68. The number of fused-ring (bicyclic) bond motifs is 1. The zero-order valence-electron chi connectivity index (χ0n) is 11.7. The first-order valence-corrected chi connectivity index (χ1v) is 7.41. The smallest absolute Gasteiger partial charge is 0.291 e. The molecule has 0 spiro atoms. The number of amides is 1. The molecule has 0 saturated carbocycles. The van der Waals surface area contributed by atoms with Gasteiger partial charge in [0.25, 0.3) is 5.91 Å². The highest BCUT2D eigenvalue weighted by Crippen LogP contribution is 2.26. The Morgan fingerprint density at radius 1 is 1.14 bits per heavy atom. The SMILES string of the molecule is Cc1cc(NC(=O)c2oc3ccccc3c2C)ccc1Br. The zero-order chi connectivity index (χ0) is 15.0. The van der Waals surface area contributed by atoms with Crippen LogP contribution in [0.2, 0.25) is 0 Å². The van der Waals surface area contributed by atoms with Crippen molar-refractivity contribution in [1.29, 1.82) is 0 Å². The number of benzene rings is 2. The van der Waals surface area contributed by atoms with Crippen LogP contribution in [0.5, 0.6) is 0 Å². The quantitative estimate of drug-likeness (QED) is 0.706. The van der Waals surface area contributed by atoms with E-state index < -0.39 is 0 Å². The van der Waals surface area contributed by atoms with E-state index in [1.807, 2.05) is 56.3 Å². The summed E-state index contributed by atoms with van der Waals surface area (Å²) in [6, 6.07) is 13.3. The Hall–Kier alpha value is -2.07. The number of anilines is 1. The van der Waals surface area contributed by atoms with Gasteiger partial charge in [0, 0.05) is 21.1 Å². The van der Waals surface area contributed by atoms with Crippen molar-refractivity contribution in [2.45, 2.75) is 13.8 Å². The van der Waals surface area contributed by atoms with E-state index in [1.54, 1.807) is 0 Å². The van der Waals surface area contributed by atoms with Crippen LogP contribution >= 0.6 is 15.9 Å². The molecule has 0 atom stereocenters. The highest BCUT2D eigenvalue weighted by molar-refractivity contribution is 9.10. The van der Waals surface area contributed by atoms with Gasteiger partial charge in [-0.15, -0.1) is 0 Å². The molecule has 2 aromatic carbocycles. The monoisotopic (exact) mass is 343 g/mol. The van der Waals surface area contributed by atoms with Crippen LogP contribution in [0.25, 0.3) is 11.0 Å². The lowest BCUT2D eigenvalue weighted by Gasteiger charge is -2.06. The predicted molar refractivity (Wildman–Crippen MR) is 87.8 cm³/mol. The van der Waals surface area contributed by atoms with Crippen LogP contribution in [-0.4, -0.2) is 5.91 Å². The van der Waals surface area contributed by atoms with Gasteiger partial charge in [-0.1, -0.05) is 34.1 Å². The molecular formula is C17H14BrNO2. The number of carbonyl (C=O) groups excluding carboxylic acids is 1. The van der Waals surface area contributed by atoms with E-state index in [0.29, 0.717) is 5.76 Å². The molecule has 0 saturated heterocycles. The lowest BCUT2D eigenvalue weighted by Crippen LogP contribution is -2.12. The van der Waals surface area contributed by atoms with Gasteiger partial charge < -0.3 is 9.73 Å². The third kappa shape index (κ3) is 2.59. The summed E-state index contributed by atoms with van der Waals surface area (Å²) in [5.41, 5.74) is 3.40. The van der Waals surface area contributed by atoms with Crippen LogP contribution in [0.15, 0.2) is 51.4 Å². The molecular weight excluding hydrogens is 330 g/mol. The summed E-state index contributed by atoms with van der Waals surface area (Å²) in [7, 11) is 0. The molecule has 1 heterocycles. The van der Waals surface area contributed by atoms with Crippen molar-refractivity contribution in [3.63, 3.8) is 0 Å². The Morgan fingerprint density at radius 3 is 2.62 bits per heavy atom. The molecule has 21 heavy (non-hydrogen) atoms. The fourth-order valence-corrected chi connectivity index (χ4v) is 2.55. The van der Waals surface area contributed by atoms with E-state index in [4.69, 9.17) is 4.42 Å². The summed E-state index contributed by atoms with van der Waals surface area (Å²) in [6.45, 7) is 3.87. The van der Waals surface area contributed by atoms with E-state index >= 15 is 0 Å². The van der Waals surface area contributed by atoms with Crippen molar-refractivity contribution < 1.29 is 9.21 Å². The summed E-state index contributed by atoms with van der Waals surface area (Å²) in [4.78, 5) is 12.4. The topological polar surface area (TPSA) is 42.2 Å². The Balaban J connectivity index is 1.93. The number of aryl methyl sites for hydroxylation is 2. The molecule has 4 heteroatoms. The van der Waals surface area contributed by atoms with E-state index in [1.165, 1.54) is 0 Å². The molecule has 0 aliphatic heterocycles. The molecule has 1 N–H and O–H groups in total. The van der Waals surface area contributed by atoms with Gasteiger partial charge in [-0.25, -0.2) is 0 Å². The van der Waals surface area contributed by atoms with Gasteiger partial charge in [0.15, 0.2) is 5.76 Å². The summed E-state index contributed by atoms with van der Waals surface area (Å²) in [6.07, 6.45) is 0. The fourth-order valence-electron chi connectivity index (χ4n) is 2.30. The molecule has 1 amide bonds. The van der Waals surface area contributed by atoms with Crippen LogP contribution in [0.3, 0.4) is 0 Å². The van der Waals surface area contributed by atoms with Gasteiger partial charge in [-0.3, -0.25) is 4.79 Å². The van der Waals surface area contributed by atoms with Gasteiger partial charge >= 0.3 is 0 Å². The maximum absolute atomic E-state index is 12.4. The van der Waals surface area contributed by atoms with Gasteiger partial charge in [-0.05, 0) is 43.7 Å². The predicted octanol–water partition coefficient (Wildman–Crippen LogP) is 5.06. The molecule has 3 rings (SSSR count). The van der Waals surface area contributed by atoms with Crippen molar-refractivity contribution >= 4 is 38.5 Å². The Labute approximate surface area is 131 Å². The number of furan rings is 1. The first-order valence-electron chi connectivity index (χ1n) is 6.62. The maximum atomic E-state index is 12.4. The van der Waals surface area contributed by atoms with Gasteiger partial charge in [0.2, 0.25) is 0 Å². The standard InChI is InChI=1S/C17H14BrNO2/c1-10-9-12(7-8-14(10)18)19-17(20)16-11(2)13-5-3-4-6-15(13)21-16/h3-9H,1-2H3,(H,19,20). The summed E-state index contributed by atoms with van der Waals surface area (Å²) in [5, 5.41) is 3.84. The van der Waals surface area contributed by atoms with E-state index in [0.717, 1.165) is 32.3 Å². The second-order valence-electron chi connectivity index (χ2n) is 4.97. The minimum Gasteiger partial charge on any atom is -0.451 e. The van der Waals surface area contributed by atoms with E-state index in [-0.39, 0.29) is 5.91 Å². The molecule has 0 radical (unpaired) electrons. The van der Waals surface area contributed by atoms with Gasteiger partial charge in [-0.2, -0.15) is 0 Å². The summed E-state index contributed by atoms with van der Waals surface area (Å²) >= 11 is 3.44. The average molecular weight is 344 g/mol. The number of nitrogens with one attached hydrogen (secondary N) is 1. The van der Waals surface area contributed by atoms with Gasteiger partial charge in [0.1, 0.15) is 5.58 Å². The number of hydrogen-bond donors (Lipinski definition) is 1. The number of halogens is 1. The normalized spacial score (nSPS) is 10.8. The lowest BCUT2D eigenvalue weighted by atomic mass is 10.1. The molecule has 0 fully saturated rings. The Kier molecular flexibility index (Phi) is 3.55. The maximum Gasteiger partial charge on any atom is 0.291 e. The molecule has 0 unspecified atom stereocenters. The minimum atomic E-state index is -0.231. The summed E-state index contributed by atoms with van der Waals surface area (Å²) in [5.74, 6) is 0.127. The molecule has 3 nitrogen and oxygen atoms in total. The number of carbonyl (C=O) groups is 1. The molecule has 3 aromatic rings. The molecule has 0 aliphatic carbocycles. The van der Waals surface area contributed by atoms with Crippen molar-refractivity contribution in [3.05, 3.63) is 63.8 Å². The van der Waals surface area contributed by atoms with E-state index in [2.05, 4.69) is 21.2 Å². The third-order valence-corrected chi connectivity index (χ3v) is 4.36. The molecule has 106 valence electrons. The molecule has 0 bridgehead atoms. The fraction of sp³-hybridized carbons (Fsp3) is 0.118. The Morgan fingerprint density at radius 2 is 1.90 bits per heavy atom. The van der Waals surface area contributed by atoms with Crippen molar-refractivity contribution in [3.8, 4) is 0 Å². The van der Waals surface area contributed by atoms with Crippen molar-refractivity contribution in [2.24, 2.45) is 0 Å². The minimum absolute atomic E-state index is 0.231. The van der Waals surface area contributed by atoms with Crippen LogP contribution in [0.4, 0.5) is 5.69 Å². The highest BCUT2D eigenvalue weighted by Gasteiger charge is 2.17. The van der Waals surface area contributed by atoms with Crippen LogP contribution < -0.4 is 5.32 Å². The number of rotatable bonds is 2. The zero-order valence-corrected chi connectivity index (χ0v) is 13.3. The number of hydrogen-bond acceptors (Lipinski definition) is 2. The molecule has 1 aromatic heterocycles. The average Bonchev–Trinajstić information content (AvgIpc) is 2.81. The van der Waals surface area contributed by atoms with Gasteiger partial charge in [0.05, 0.1) is 0 Å². The van der Waals surface area contributed by atoms with Crippen molar-refractivity contribution in [1.82, 2.24) is 0 Å². The second kappa shape index (κ2) is 5.37. The molecule has 0 aliphatic rings. The first kappa shape index (κ1) is 13.9. The van der Waals surface area contributed by atoms with Crippen LogP contribution in [0.1, 0.15) is 21.7 Å². The largest absolute Gasteiger partial charge is 0.451 e. The second-order valence-corrected chi connectivity index (χ2v) is 5.82. The van der Waals surface area contributed by atoms with E-state index in [9.17, 15) is 4.79 Å².